The van der Waals surface area contributed by atoms with Crippen LogP contribution in [0.5, 0.6) is 0 Å². The van der Waals surface area contributed by atoms with Crippen LogP contribution in [0, 0.1) is 0 Å². The Balaban J connectivity index is 7.60. The fourth-order valence-corrected chi connectivity index (χ4v) is 3.13. The van der Waals surface area contributed by atoms with Crippen molar-refractivity contribution in [1.82, 2.24) is 0 Å². The zero-order valence-corrected chi connectivity index (χ0v) is 21.8. The van der Waals surface area contributed by atoms with E-state index in [1.54, 1.807) is 0 Å². The fourth-order valence-electron chi connectivity index (χ4n) is 2.85. The van der Waals surface area contributed by atoms with Gasteiger partial charge in [-0.25, -0.2) is 0 Å². The maximum absolute atomic E-state index is 13.8. The van der Waals surface area contributed by atoms with Crippen molar-refractivity contribution in [2.24, 2.45) is 5.73 Å². The summed E-state index contributed by atoms with van der Waals surface area (Å²) in [5.41, 5.74) is 3.37. The van der Waals surface area contributed by atoms with Crippen molar-refractivity contribution in [3.05, 3.63) is 0 Å². The monoisotopic (exact) mass is 805 g/mol. The lowest BCUT2D eigenvalue weighted by Crippen LogP contribution is -2.79. The van der Waals surface area contributed by atoms with Crippen LogP contribution in [-0.4, -0.2) is 94.6 Å². The molecule has 0 aliphatic rings. The Morgan fingerprint density at radius 3 is 0.688 bits per heavy atom. The summed E-state index contributed by atoms with van der Waals surface area (Å²) in [6, 6.07) is 0. The van der Waals surface area contributed by atoms with Crippen LogP contribution >= 0.6 is 12.6 Å². The summed E-state index contributed by atoms with van der Waals surface area (Å²) in [6.07, 6.45) is -2.92. The minimum atomic E-state index is -9.92. The molecule has 0 rings (SSSR count). The molecule has 0 radical (unpaired) electrons. The second kappa shape index (κ2) is 11.4. The van der Waals surface area contributed by atoms with E-state index in [0.717, 1.165) is 0 Å². The molecular weight excluding hydrogens is 798 g/mol. The number of halogens is 28. The number of thiol groups is 1. The number of hydrogen-bond donors (Lipinski definition) is 2. The van der Waals surface area contributed by atoms with Crippen LogP contribution in [-0.2, 0) is 4.79 Å². The van der Waals surface area contributed by atoms with Crippen LogP contribution in [0.1, 0.15) is 6.42 Å². The molecule has 31 heteroatoms. The third kappa shape index (κ3) is 5.17. The van der Waals surface area contributed by atoms with Gasteiger partial charge in [0.1, 0.15) is 0 Å². The minimum absolute atomic E-state index is 1.82. The van der Waals surface area contributed by atoms with E-state index in [9.17, 15) is 128 Å². The molecule has 1 amide bonds. The van der Waals surface area contributed by atoms with E-state index in [1.807, 2.05) is 0 Å². The van der Waals surface area contributed by atoms with E-state index in [1.165, 1.54) is 0 Å². The lowest BCUT2D eigenvalue weighted by molar-refractivity contribution is -0.484. The molecule has 2 nitrogen and oxygen atoms in total. The van der Waals surface area contributed by atoms with Gasteiger partial charge in [0.15, 0.2) is 0 Å². The number of rotatable bonds is 16. The normalized spacial score (nSPS) is 16.8. The van der Waals surface area contributed by atoms with Crippen molar-refractivity contribution in [3.8, 4) is 0 Å². The maximum atomic E-state index is 13.8. The van der Waals surface area contributed by atoms with Crippen LogP contribution in [0.4, 0.5) is 123 Å². The summed E-state index contributed by atoms with van der Waals surface area (Å²) in [7, 11) is 0. The van der Waals surface area contributed by atoms with E-state index < -0.39 is 101 Å². The van der Waals surface area contributed by atoms with Crippen molar-refractivity contribution >= 4 is 18.5 Å². The standard InChI is InChI=1S/C17H7F28NOS/c18-4(19,1-2-48)6(22,23)8(26,27)10(30,31)12(34,35)14(38,39)16(42,43)17(44,45)15(40,41)13(36,37)11(32,33)9(28,29)7(24,25)5(20,21)3(46)47/h48H,1-2H2,(H2,46,47). The van der Waals surface area contributed by atoms with Gasteiger partial charge in [0.25, 0.3) is 5.91 Å². The minimum Gasteiger partial charge on any atom is -0.364 e. The zero-order valence-electron chi connectivity index (χ0n) is 20.9. The molecule has 0 aliphatic carbocycles. The Labute approximate surface area is 248 Å². The first-order valence-corrected chi connectivity index (χ1v) is 11.1. The van der Waals surface area contributed by atoms with Gasteiger partial charge in [0, 0.05) is 6.42 Å². The maximum Gasteiger partial charge on any atom is 0.392 e. The Bertz CT molecular complexity index is 1200. The summed E-state index contributed by atoms with van der Waals surface area (Å²) in [5.74, 6) is -133. The van der Waals surface area contributed by atoms with Gasteiger partial charge in [-0.1, -0.05) is 0 Å². The van der Waals surface area contributed by atoms with Gasteiger partial charge in [-0.2, -0.15) is 136 Å². The molecule has 0 unspecified atom stereocenters. The van der Waals surface area contributed by atoms with Crippen LogP contribution in [0.15, 0.2) is 0 Å². The molecule has 0 aromatic carbocycles. The molecule has 0 spiro atoms. The molecule has 0 fully saturated rings. The number of carbonyl (C=O) groups is 1. The molecule has 0 aliphatic heterocycles. The molecule has 288 valence electrons. The van der Waals surface area contributed by atoms with Gasteiger partial charge >= 0.3 is 82.9 Å². The van der Waals surface area contributed by atoms with Gasteiger partial charge in [0.2, 0.25) is 0 Å². The number of carbonyl (C=O) groups excluding carboxylic acids is 1. The molecule has 0 saturated carbocycles. The molecule has 48 heavy (non-hydrogen) atoms. The largest absolute Gasteiger partial charge is 0.392 e. The Kier molecular flexibility index (Phi) is 10.9. The van der Waals surface area contributed by atoms with E-state index in [-0.39, 0.29) is 0 Å². The van der Waals surface area contributed by atoms with Gasteiger partial charge in [0.05, 0.1) is 0 Å². The van der Waals surface area contributed by atoms with Gasteiger partial charge < -0.3 is 5.73 Å². The molecule has 0 atom stereocenters. The molecule has 0 heterocycles. The summed E-state index contributed by atoms with van der Waals surface area (Å²) < 4.78 is 380. The third-order valence-electron chi connectivity index (χ3n) is 5.93. The van der Waals surface area contributed by atoms with E-state index >= 15 is 0 Å². The van der Waals surface area contributed by atoms with Gasteiger partial charge in [-0.05, 0) is 5.75 Å². The highest BCUT2D eigenvalue weighted by Gasteiger charge is 3.00. The zero-order chi connectivity index (χ0) is 40.0. The van der Waals surface area contributed by atoms with Gasteiger partial charge in [-0.3, -0.25) is 4.79 Å². The predicted molar refractivity (Wildman–Crippen MR) is 96.9 cm³/mol. The topological polar surface area (TPSA) is 43.1 Å². The van der Waals surface area contributed by atoms with Crippen LogP contribution in [0.3, 0.4) is 0 Å². The van der Waals surface area contributed by atoms with Crippen molar-refractivity contribution < 1.29 is 128 Å². The first kappa shape index (κ1) is 45.9. The number of alkyl halides is 28. The molecule has 0 saturated heterocycles. The quantitative estimate of drug-likeness (QED) is 0.119. The van der Waals surface area contributed by atoms with E-state index in [0.29, 0.717) is 0 Å². The van der Waals surface area contributed by atoms with Crippen LogP contribution in [0.25, 0.3) is 0 Å². The molecular formula is C17H7F28NOS. The average molecular weight is 805 g/mol. The highest BCUT2D eigenvalue weighted by atomic mass is 32.1. The number of hydrogen-bond acceptors (Lipinski definition) is 2. The number of primary amides is 1. The third-order valence-corrected chi connectivity index (χ3v) is 6.15. The molecule has 2 N–H and O–H groups in total. The van der Waals surface area contributed by atoms with E-state index in [4.69, 9.17) is 0 Å². The fraction of sp³-hybridized carbons (Fsp3) is 0.941. The van der Waals surface area contributed by atoms with E-state index in [2.05, 4.69) is 18.4 Å². The van der Waals surface area contributed by atoms with Crippen molar-refractivity contribution in [3.63, 3.8) is 0 Å². The first-order chi connectivity index (χ1) is 20.3. The van der Waals surface area contributed by atoms with Crippen molar-refractivity contribution in [1.29, 1.82) is 0 Å². The first-order valence-electron chi connectivity index (χ1n) is 10.5. The second-order valence-corrected chi connectivity index (χ2v) is 9.46. The lowest BCUT2D eigenvalue weighted by Gasteiger charge is -2.46. The van der Waals surface area contributed by atoms with Crippen molar-refractivity contribution in [2.75, 3.05) is 5.75 Å². The summed E-state index contributed by atoms with van der Waals surface area (Å²) in [4.78, 5) is 10.2. The summed E-state index contributed by atoms with van der Waals surface area (Å²) in [6.45, 7) is 0. The highest BCUT2D eigenvalue weighted by molar-refractivity contribution is 7.80. The summed E-state index contributed by atoms with van der Waals surface area (Å²) >= 11 is 2.68. The molecule has 0 bridgehead atoms. The molecule has 0 aromatic heterocycles. The summed E-state index contributed by atoms with van der Waals surface area (Å²) in [5, 5.41) is 0. The average Bonchev–Trinajstić information content (AvgIpc) is 2.86. The number of nitrogens with two attached hydrogens (primary N) is 1. The second-order valence-electron chi connectivity index (χ2n) is 9.01. The Morgan fingerprint density at radius 1 is 0.354 bits per heavy atom. The Hall–Kier alpha value is -2.14. The predicted octanol–water partition coefficient (Wildman–Crippen LogP) is 8.69. The van der Waals surface area contributed by atoms with Crippen molar-refractivity contribution in [2.45, 2.75) is 89.3 Å². The smallest absolute Gasteiger partial charge is 0.364 e. The highest BCUT2D eigenvalue weighted by Crippen LogP contribution is 2.69. The Morgan fingerprint density at radius 2 is 0.521 bits per heavy atom. The lowest BCUT2D eigenvalue weighted by atomic mass is 9.83. The SMILES string of the molecule is NC(=O)C(F)(F)C(F)(F)C(F)(F)C(F)(F)C(F)(F)C(F)(F)C(F)(F)C(F)(F)C(F)(F)C(F)(F)C(F)(F)C(F)(F)C(F)(F)C(F)(F)CCS. The number of amides is 1. The van der Waals surface area contributed by atoms with Gasteiger partial charge in [-0.15, -0.1) is 0 Å². The molecule has 0 aromatic rings. The van der Waals surface area contributed by atoms with Crippen LogP contribution in [0.2, 0.25) is 0 Å². The van der Waals surface area contributed by atoms with Crippen LogP contribution < -0.4 is 5.73 Å².